The van der Waals surface area contributed by atoms with E-state index in [-0.39, 0.29) is 24.2 Å². The second-order valence-corrected chi connectivity index (χ2v) is 10.8. The van der Waals surface area contributed by atoms with Crippen LogP contribution in [-0.2, 0) is 6.42 Å². The van der Waals surface area contributed by atoms with Gasteiger partial charge in [-0.05, 0) is 65.4 Å². The number of hydrogen-bond donors (Lipinski definition) is 0. The Balaban J connectivity index is 1.47. The van der Waals surface area contributed by atoms with Gasteiger partial charge in [-0.3, -0.25) is 9.36 Å². The molecule has 0 saturated heterocycles. The van der Waals surface area contributed by atoms with Crippen LogP contribution in [-0.4, -0.2) is 11.4 Å². The molecule has 0 saturated carbocycles. The zero-order chi connectivity index (χ0) is 24.4. The van der Waals surface area contributed by atoms with Gasteiger partial charge in [0.05, 0.1) is 16.3 Å². The quantitative estimate of drug-likeness (QED) is 0.348. The largest absolute Gasteiger partial charge is 0.454 e. The number of halogens is 2. The predicted octanol–water partition coefficient (Wildman–Crippen LogP) is 4.95. The summed E-state index contributed by atoms with van der Waals surface area (Å²) >= 11 is 4.95. The molecule has 0 bridgehead atoms. The molecule has 5 nitrogen and oxygen atoms in total. The summed E-state index contributed by atoms with van der Waals surface area (Å²) in [6, 6.07) is 18.1. The molecule has 2 aliphatic heterocycles. The summed E-state index contributed by atoms with van der Waals surface area (Å²) < 4.78 is 27.9. The Labute approximate surface area is 217 Å². The molecule has 36 heavy (non-hydrogen) atoms. The summed E-state index contributed by atoms with van der Waals surface area (Å²) in [7, 11) is 0. The summed E-state index contributed by atoms with van der Waals surface area (Å²) in [5.74, 6) is 1.01. The van der Waals surface area contributed by atoms with E-state index >= 15 is 0 Å². The SMILES string of the molecule is O=c1/c(=C\c2cc3c(cc2Br)OCO3)sc2n1[C@H](c1ccc(F)cc1)C1=C(N=2)c2ccccc2CC1. The molecule has 0 radical (unpaired) electrons. The second kappa shape index (κ2) is 8.28. The summed E-state index contributed by atoms with van der Waals surface area (Å²) in [5.41, 5.74) is 5.92. The molecule has 3 aromatic carbocycles. The maximum Gasteiger partial charge on any atom is 0.271 e. The molecule has 0 unspecified atom stereocenters. The lowest BCUT2D eigenvalue weighted by atomic mass is 9.83. The lowest BCUT2D eigenvalue weighted by Gasteiger charge is -2.30. The summed E-state index contributed by atoms with van der Waals surface area (Å²) in [4.78, 5) is 19.5. The van der Waals surface area contributed by atoms with Gasteiger partial charge < -0.3 is 9.47 Å². The fraction of sp³-hybridized carbons (Fsp3) is 0.143. The molecule has 7 rings (SSSR count). The molecule has 4 aromatic rings. The van der Waals surface area contributed by atoms with Crippen molar-refractivity contribution in [3.8, 4) is 11.5 Å². The van der Waals surface area contributed by atoms with Gasteiger partial charge in [0.1, 0.15) is 5.82 Å². The Hall–Kier alpha value is -3.49. The van der Waals surface area contributed by atoms with Gasteiger partial charge in [0.15, 0.2) is 16.3 Å². The van der Waals surface area contributed by atoms with Crippen LogP contribution in [0.1, 0.15) is 34.7 Å². The van der Waals surface area contributed by atoms with E-state index in [0.717, 1.165) is 45.3 Å². The normalized spacial score (nSPS) is 17.9. The Morgan fingerprint density at radius 1 is 1.06 bits per heavy atom. The first-order valence-electron chi connectivity index (χ1n) is 11.5. The highest BCUT2D eigenvalue weighted by atomic mass is 79.9. The Morgan fingerprint density at radius 2 is 1.83 bits per heavy atom. The van der Waals surface area contributed by atoms with E-state index in [0.29, 0.717) is 20.8 Å². The molecule has 178 valence electrons. The van der Waals surface area contributed by atoms with Crippen molar-refractivity contribution in [2.45, 2.75) is 18.9 Å². The molecule has 0 spiro atoms. The van der Waals surface area contributed by atoms with Crippen molar-refractivity contribution in [3.05, 3.63) is 118 Å². The molecule has 1 aromatic heterocycles. The smallest absolute Gasteiger partial charge is 0.271 e. The van der Waals surface area contributed by atoms with Crippen LogP contribution in [0.4, 0.5) is 4.39 Å². The minimum atomic E-state index is -0.340. The number of aromatic nitrogens is 1. The zero-order valence-electron chi connectivity index (χ0n) is 18.8. The highest BCUT2D eigenvalue weighted by molar-refractivity contribution is 9.10. The Kier molecular flexibility index (Phi) is 5.01. The maximum absolute atomic E-state index is 13.8. The standard InChI is InChI=1S/C28H18BrFN2O3S/c29-21-13-23-22(34-14-35-23)11-17(21)12-24-27(33)32-26(16-5-8-18(30)9-6-16)20-10-7-15-3-1-2-4-19(15)25(20)31-28(32)36-24/h1-6,8-9,11-13,26H,7,10,14H2/b24-12+/t26-/m1/s1. The van der Waals surface area contributed by atoms with Gasteiger partial charge in [0.25, 0.3) is 5.56 Å². The summed E-state index contributed by atoms with van der Waals surface area (Å²) in [6.07, 6.45) is 3.51. The fourth-order valence-corrected chi connectivity index (χ4v) is 6.58. The number of thiazole rings is 1. The molecule has 3 aliphatic rings. The summed E-state index contributed by atoms with van der Waals surface area (Å²) in [5, 5.41) is 0. The number of allylic oxidation sites excluding steroid dienone is 1. The van der Waals surface area contributed by atoms with E-state index in [4.69, 9.17) is 14.5 Å². The Bertz CT molecular complexity index is 1770. The first-order valence-corrected chi connectivity index (χ1v) is 13.2. The zero-order valence-corrected chi connectivity index (χ0v) is 21.2. The van der Waals surface area contributed by atoms with E-state index in [9.17, 15) is 9.18 Å². The lowest BCUT2D eigenvalue weighted by molar-refractivity contribution is 0.174. The van der Waals surface area contributed by atoms with Crippen LogP contribution in [0.3, 0.4) is 0 Å². The fourth-order valence-electron chi connectivity index (χ4n) is 5.15. The number of ether oxygens (including phenoxy) is 2. The maximum atomic E-state index is 13.8. The monoisotopic (exact) mass is 560 g/mol. The Morgan fingerprint density at radius 3 is 2.67 bits per heavy atom. The van der Waals surface area contributed by atoms with Gasteiger partial charge in [-0.1, -0.05) is 63.7 Å². The number of rotatable bonds is 2. The minimum Gasteiger partial charge on any atom is -0.454 e. The first kappa shape index (κ1) is 21.8. The average Bonchev–Trinajstić information content (AvgIpc) is 3.47. The summed E-state index contributed by atoms with van der Waals surface area (Å²) in [6.45, 7) is 0.179. The van der Waals surface area contributed by atoms with Gasteiger partial charge in [-0.25, -0.2) is 9.38 Å². The third-order valence-electron chi connectivity index (χ3n) is 6.84. The van der Waals surface area contributed by atoms with Crippen LogP contribution < -0.4 is 24.4 Å². The van der Waals surface area contributed by atoms with E-state index in [1.165, 1.54) is 29.0 Å². The average molecular weight is 561 g/mol. The van der Waals surface area contributed by atoms with Crippen LogP contribution in [0, 0.1) is 5.82 Å². The van der Waals surface area contributed by atoms with Crippen molar-refractivity contribution in [1.29, 1.82) is 0 Å². The van der Waals surface area contributed by atoms with Crippen LogP contribution in [0.15, 0.2) is 80.5 Å². The number of hydrogen-bond acceptors (Lipinski definition) is 5. The van der Waals surface area contributed by atoms with Crippen molar-refractivity contribution in [2.24, 2.45) is 4.99 Å². The molecule has 0 amide bonds. The second-order valence-electron chi connectivity index (χ2n) is 8.89. The third-order valence-corrected chi connectivity index (χ3v) is 8.51. The number of nitrogens with zero attached hydrogens (tertiary/aromatic N) is 2. The van der Waals surface area contributed by atoms with Gasteiger partial charge in [0.2, 0.25) is 6.79 Å². The minimum absolute atomic E-state index is 0.122. The molecule has 0 fully saturated rings. The molecule has 0 N–H and O–H groups in total. The molecule has 8 heteroatoms. The molecule has 3 heterocycles. The van der Waals surface area contributed by atoms with Crippen molar-refractivity contribution in [3.63, 3.8) is 0 Å². The van der Waals surface area contributed by atoms with E-state index in [2.05, 4.69) is 28.1 Å². The third kappa shape index (κ3) is 3.39. The van der Waals surface area contributed by atoms with Gasteiger partial charge in [-0.15, -0.1) is 0 Å². The van der Waals surface area contributed by atoms with Crippen molar-refractivity contribution >= 4 is 39.0 Å². The van der Waals surface area contributed by atoms with Crippen molar-refractivity contribution in [2.75, 3.05) is 6.79 Å². The molecular weight excluding hydrogens is 543 g/mol. The highest BCUT2D eigenvalue weighted by Gasteiger charge is 2.32. The van der Waals surface area contributed by atoms with Crippen LogP contribution in [0.2, 0.25) is 0 Å². The van der Waals surface area contributed by atoms with Gasteiger partial charge in [-0.2, -0.15) is 0 Å². The number of aryl methyl sites for hydroxylation is 1. The van der Waals surface area contributed by atoms with Gasteiger partial charge >= 0.3 is 0 Å². The van der Waals surface area contributed by atoms with E-state index in [1.807, 2.05) is 30.3 Å². The molecular formula is C28H18BrFN2O3S. The van der Waals surface area contributed by atoms with Gasteiger partial charge in [0, 0.05) is 10.0 Å². The van der Waals surface area contributed by atoms with Crippen LogP contribution in [0.25, 0.3) is 11.8 Å². The topological polar surface area (TPSA) is 52.8 Å². The first-order chi connectivity index (χ1) is 17.6. The van der Waals surface area contributed by atoms with Crippen molar-refractivity contribution in [1.82, 2.24) is 4.57 Å². The number of benzene rings is 3. The highest BCUT2D eigenvalue weighted by Crippen LogP contribution is 2.41. The van der Waals surface area contributed by atoms with Crippen LogP contribution in [0.5, 0.6) is 11.5 Å². The molecule has 1 aliphatic carbocycles. The predicted molar refractivity (Wildman–Crippen MR) is 139 cm³/mol. The lowest BCUT2D eigenvalue weighted by Crippen LogP contribution is -2.38. The van der Waals surface area contributed by atoms with Crippen LogP contribution >= 0.6 is 27.3 Å². The number of fused-ring (bicyclic) bond motifs is 4. The van der Waals surface area contributed by atoms with E-state index < -0.39 is 0 Å². The van der Waals surface area contributed by atoms with E-state index in [1.54, 1.807) is 16.7 Å². The molecule has 1 atom stereocenters. The van der Waals surface area contributed by atoms with Crippen molar-refractivity contribution < 1.29 is 13.9 Å².